The zero-order valence-electron chi connectivity index (χ0n) is 28.6. The van der Waals surface area contributed by atoms with Gasteiger partial charge in [0.05, 0.1) is 31.5 Å². The lowest BCUT2D eigenvalue weighted by Gasteiger charge is -2.49. The van der Waals surface area contributed by atoms with Crippen LogP contribution in [0.4, 0.5) is 0 Å². The summed E-state index contributed by atoms with van der Waals surface area (Å²) in [5.74, 6) is -4.49. The van der Waals surface area contributed by atoms with Gasteiger partial charge in [-0.15, -0.1) is 0 Å². The van der Waals surface area contributed by atoms with E-state index in [0.717, 1.165) is 11.1 Å². The summed E-state index contributed by atoms with van der Waals surface area (Å²) in [4.78, 5) is 13.5. The van der Waals surface area contributed by atoms with E-state index in [0.29, 0.717) is 6.42 Å². The van der Waals surface area contributed by atoms with E-state index in [9.17, 15) is 25.2 Å². The van der Waals surface area contributed by atoms with E-state index in [-0.39, 0.29) is 35.9 Å². The molecule has 0 aliphatic carbocycles. The normalized spacial score (nSPS) is 41.2. The maximum absolute atomic E-state index is 13.5. The predicted molar refractivity (Wildman–Crippen MR) is 170 cm³/mol. The van der Waals surface area contributed by atoms with Gasteiger partial charge in [0.15, 0.2) is 5.79 Å². The number of cyclic esters (lactones) is 1. The van der Waals surface area contributed by atoms with E-state index in [2.05, 4.69) is 0 Å². The molecule has 0 spiro atoms. The van der Waals surface area contributed by atoms with Gasteiger partial charge in [-0.3, -0.25) is 0 Å². The highest BCUT2D eigenvalue weighted by molar-refractivity contribution is 5.87. The Kier molecular flexibility index (Phi) is 14.3. The van der Waals surface area contributed by atoms with Gasteiger partial charge < -0.3 is 39.4 Å². The number of hydrogen-bond donors (Lipinski definition) is 4. The molecule has 44 heavy (non-hydrogen) atoms. The van der Waals surface area contributed by atoms with Crippen molar-refractivity contribution in [3.63, 3.8) is 0 Å². The Labute approximate surface area is 264 Å². The van der Waals surface area contributed by atoms with Crippen molar-refractivity contribution in [2.45, 2.75) is 118 Å². The van der Waals surface area contributed by atoms with Crippen LogP contribution in [0.3, 0.4) is 0 Å². The van der Waals surface area contributed by atoms with Crippen molar-refractivity contribution < 1.29 is 44.2 Å². The second-order valence-electron chi connectivity index (χ2n) is 13.6. The highest BCUT2D eigenvalue weighted by atomic mass is 16.6. The minimum atomic E-state index is -1.80. The number of methoxy groups -OCH3 is 2. The summed E-state index contributed by atoms with van der Waals surface area (Å²) in [6, 6.07) is 0. The molecule has 12 atom stereocenters. The zero-order chi connectivity index (χ0) is 33.5. The Morgan fingerprint density at radius 2 is 1.68 bits per heavy atom. The van der Waals surface area contributed by atoms with Gasteiger partial charge in [0.1, 0.15) is 12.2 Å². The van der Waals surface area contributed by atoms with E-state index < -0.39 is 60.2 Å². The number of carbonyl (C=O) groups is 1. The largest absolute Gasteiger partial charge is 0.490 e. The first kappa shape index (κ1) is 38.2. The second kappa shape index (κ2) is 16.5. The number of aliphatic hydroxyl groups is 4. The molecule has 2 aliphatic heterocycles. The zero-order valence-corrected chi connectivity index (χ0v) is 28.6. The molecule has 9 nitrogen and oxygen atoms in total. The van der Waals surface area contributed by atoms with Crippen molar-refractivity contribution in [2.24, 2.45) is 35.5 Å². The van der Waals surface area contributed by atoms with Gasteiger partial charge in [0.25, 0.3) is 0 Å². The summed E-state index contributed by atoms with van der Waals surface area (Å²) in [7, 11) is 2.87. The number of carbonyl (C=O) groups excluding carboxylic acids is 1. The fourth-order valence-electron chi connectivity index (χ4n) is 6.54. The van der Waals surface area contributed by atoms with Crippen molar-refractivity contribution >= 4 is 5.97 Å². The lowest BCUT2D eigenvalue weighted by molar-refractivity contribution is -0.328. The van der Waals surface area contributed by atoms with Crippen LogP contribution in [-0.2, 0) is 23.7 Å². The Hall–Kier alpha value is -2.01. The minimum Gasteiger partial charge on any atom is -0.490 e. The van der Waals surface area contributed by atoms with Gasteiger partial charge in [-0.05, 0) is 38.2 Å². The molecule has 2 rings (SSSR count). The van der Waals surface area contributed by atoms with Crippen LogP contribution < -0.4 is 0 Å². The van der Waals surface area contributed by atoms with E-state index in [4.69, 9.17) is 18.9 Å². The number of rotatable bonds is 7. The number of allylic oxidation sites excluding steroid dienone is 5. The molecule has 1 saturated heterocycles. The molecule has 4 N–H and O–H groups in total. The van der Waals surface area contributed by atoms with E-state index in [1.165, 1.54) is 14.2 Å². The Morgan fingerprint density at radius 1 is 1.05 bits per heavy atom. The molecule has 252 valence electrons. The summed E-state index contributed by atoms with van der Waals surface area (Å²) in [5, 5.41) is 45.0. The highest BCUT2D eigenvalue weighted by Gasteiger charge is 2.51. The third-order valence-electron chi connectivity index (χ3n) is 9.50. The fourth-order valence-corrected chi connectivity index (χ4v) is 6.54. The van der Waals surface area contributed by atoms with Gasteiger partial charge in [0, 0.05) is 37.2 Å². The van der Waals surface area contributed by atoms with Crippen LogP contribution in [0.15, 0.2) is 47.3 Å². The third-order valence-corrected chi connectivity index (χ3v) is 9.50. The van der Waals surface area contributed by atoms with Gasteiger partial charge in [-0.25, -0.2) is 4.79 Å². The molecule has 0 radical (unpaired) electrons. The quantitative estimate of drug-likeness (QED) is 0.298. The molecule has 0 unspecified atom stereocenters. The third kappa shape index (κ3) is 9.50. The Balaban J connectivity index is 2.52. The van der Waals surface area contributed by atoms with E-state index >= 15 is 0 Å². The molecule has 2 heterocycles. The van der Waals surface area contributed by atoms with Crippen molar-refractivity contribution in [1.82, 2.24) is 0 Å². The van der Waals surface area contributed by atoms with Crippen molar-refractivity contribution in [3.05, 3.63) is 47.3 Å². The molecule has 0 aromatic rings. The maximum atomic E-state index is 13.5. The summed E-state index contributed by atoms with van der Waals surface area (Å²) in [6.45, 7) is 17.0. The molecule has 2 aliphatic rings. The number of aliphatic hydroxyl groups excluding tert-OH is 3. The molecule has 0 aromatic heterocycles. The van der Waals surface area contributed by atoms with Crippen molar-refractivity contribution in [3.8, 4) is 0 Å². The van der Waals surface area contributed by atoms with Crippen LogP contribution in [0, 0.1) is 35.5 Å². The van der Waals surface area contributed by atoms with E-state index in [1.54, 1.807) is 26.0 Å². The van der Waals surface area contributed by atoms with Gasteiger partial charge in [-0.1, -0.05) is 83.9 Å². The maximum Gasteiger partial charge on any atom is 0.373 e. The molecule has 0 saturated carbocycles. The summed E-state index contributed by atoms with van der Waals surface area (Å²) in [5.41, 5.74) is 1.78. The van der Waals surface area contributed by atoms with Crippen LogP contribution in [-0.4, -0.2) is 83.0 Å². The first-order valence-corrected chi connectivity index (χ1v) is 15.9. The molecule has 0 bridgehead atoms. The molecule has 0 amide bonds. The topological polar surface area (TPSA) is 135 Å². The first-order valence-electron chi connectivity index (χ1n) is 15.9. The van der Waals surface area contributed by atoms with Gasteiger partial charge >= 0.3 is 5.97 Å². The average Bonchev–Trinajstić information content (AvgIpc) is 2.96. The van der Waals surface area contributed by atoms with Crippen LogP contribution in [0.5, 0.6) is 0 Å². The van der Waals surface area contributed by atoms with Gasteiger partial charge in [0.2, 0.25) is 5.76 Å². The lowest BCUT2D eigenvalue weighted by Crippen LogP contribution is -2.59. The molecule has 1 fully saturated rings. The van der Waals surface area contributed by atoms with Crippen LogP contribution in [0.25, 0.3) is 0 Å². The van der Waals surface area contributed by atoms with Crippen molar-refractivity contribution in [2.75, 3.05) is 14.2 Å². The molecular weight excluding hydrogens is 564 g/mol. The Morgan fingerprint density at radius 3 is 2.25 bits per heavy atom. The number of esters is 1. The summed E-state index contributed by atoms with van der Waals surface area (Å²) in [6.07, 6.45) is 4.85. The minimum absolute atomic E-state index is 0.00492. The standard InChI is InChI=1S/C35H58O9/c1-19(2)32-24(7)27(36)18-35(40,44-32)26(9)31(38)25(8)33-28(41-10)14-12-13-20(3)15-22(5)30(37)23(6)16-21(4)17-29(42-11)34(39)43-33/h12-14,16-17,19,22-28,30-33,36-38,40H,15,18H2,1-11H3/b14-12-,20-13-,21-16+,29-17+/t22-,23-,24+,25+,26+,27-,28+,30+,31-,32-,33-,35-/m1/s1. The monoisotopic (exact) mass is 622 g/mol. The number of ether oxygens (including phenoxy) is 4. The second-order valence-corrected chi connectivity index (χ2v) is 13.6. The highest BCUT2D eigenvalue weighted by Crippen LogP contribution is 2.41. The fraction of sp³-hybridized carbons (Fsp3) is 0.743. The predicted octanol–water partition coefficient (Wildman–Crippen LogP) is 4.69. The van der Waals surface area contributed by atoms with Gasteiger partial charge in [-0.2, -0.15) is 0 Å². The van der Waals surface area contributed by atoms with E-state index in [1.807, 2.05) is 66.7 Å². The van der Waals surface area contributed by atoms with Crippen LogP contribution >= 0.6 is 0 Å². The van der Waals surface area contributed by atoms with Crippen LogP contribution in [0.2, 0.25) is 0 Å². The SMILES string of the molecule is CO/C1=C/C(C)=C/[C@@H](C)[C@@H](O)[C@H](C)C/C(C)=C\C=C/[C@H](OC)[C@@H]([C@@H](C)[C@@H](O)[C@H](C)[C@@]2(O)C[C@@H](O)[C@H](C)[C@@H](C(C)C)O2)OC1=O. The lowest BCUT2D eigenvalue weighted by atomic mass is 9.76. The summed E-state index contributed by atoms with van der Waals surface area (Å²) >= 11 is 0. The average molecular weight is 623 g/mol. The molecule has 9 heteroatoms. The number of hydrogen-bond acceptors (Lipinski definition) is 9. The van der Waals surface area contributed by atoms with Crippen LogP contribution in [0.1, 0.15) is 75.2 Å². The Bertz CT molecular complexity index is 1060. The van der Waals surface area contributed by atoms with Crippen molar-refractivity contribution in [1.29, 1.82) is 0 Å². The first-order chi connectivity index (χ1) is 20.5. The smallest absolute Gasteiger partial charge is 0.373 e. The summed E-state index contributed by atoms with van der Waals surface area (Å²) < 4.78 is 23.4. The molecule has 0 aromatic carbocycles. The molecular formula is C35H58O9.